The second kappa shape index (κ2) is 7.86. The monoisotopic (exact) mass is 358 g/mol. The summed E-state index contributed by atoms with van der Waals surface area (Å²) in [6, 6.07) is 10.8. The molecule has 0 saturated carbocycles. The lowest BCUT2D eigenvalue weighted by atomic mass is 10.1. The van der Waals surface area contributed by atoms with Crippen LogP contribution in [0.2, 0.25) is 0 Å². The van der Waals surface area contributed by atoms with E-state index in [4.69, 9.17) is 9.47 Å². The number of nitrogens with zero attached hydrogens (tertiary/aromatic N) is 1. The molecule has 3 rings (SSSR count). The molecular formula is C19H19FN2O4. The van der Waals surface area contributed by atoms with E-state index in [1.165, 1.54) is 29.2 Å². The zero-order chi connectivity index (χ0) is 18.5. The molecule has 26 heavy (non-hydrogen) atoms. The fraction of sp³-hybridized carbons (Fsp3) is 0.263. The van der Waals surface area contributed by atoms with Gasteiger partial charge in [0.1, 0.15) is 19.0 Å². The highest BCUT2D eigenvalue weighted by atomic mass is 19.1. The molecule has 0 aromatic heterocycles. The van der Waals surface area contributed by atoms with Crippen molar-refractivity contribution < 1.29 is 23.5 Å². The van der Waals surface area contributed by atoms with Crippen LogP contribution >= 0.6 is 0 Å². The number of rotatable bonds is 5. The number of anilines is 1. The molecule has 1 aliphatic heterocycles. The SMILES string of the molecule is CN(CC(=O)Nc1ccc(F)cc1)C(=O)Cc1ccc2c(c1)OCCO2. The lowest BCUT2D eigenvalue weighted by Gasteiger charge is -2.20. The summed E-state index contributed by atoms with van der Waals surface area (Å²) in [6.45, 7) is 0.895. The zero-order valence-electron chi connectivity index (χ0n) is 14.3. The molecule has 0 spiro atoms. The molecule has 2 aromatic rings. The number of ether oxygens (including phenoxy) is 2. The number of fused-ring (bicyclic) bond motifs is 1. The minimum atomic E-state index is -0.380. The van der Waals surface area contributed by atoms with Crippen LogP contribution < -0.4 is 14.8 Å². The molecule has 1 heterocycles. The number of hydrogen-bond donors (Lipinski definition) is 1. The second-order valence-electron chi connectivity index (χ2n) is 5.96. The third kappa shape index (κ3) is 4.50. The third-order valence-corrected chi connectivity index (χ3v) is 3.90. The van der Waals surface area contributed by atoms with Crippen molar-refractivity contribution in [1.29, 1.82) is 0 Å². The van der Waals surface area contributed by atoms with Gasteiger partial charge in [0.2, 0.25) is 11.8 Å². The van der Waals surface area contributed by atoms with Crippen LogP contribution in [0.5, 0.6) is 11.5 Å². The van der Waals surface area contributed by atoms with Gasteiger partial charge in [-0.05, 0) is 42.0 Å². The van der Waals surface area contributed by atoms with Gasteiger partial charge in [-0.25, -0.2) is 4.39 Å². The van der Waals surface area contributed by atoms with Crippen LogP contribution in [0.25, 0.3) is 0 Å². The van der Waals surface area contributed by atoms with Crippen molar-refractivity contribution in [2.75, 3.05) is 32.1 Å². The van der Waals surface area contributed by atoms with E-state index >= 15 is 0 Å². The summed E-state index contributed by atoms with van der Waals surface area (Å²) in [6.07, 6.45) is 0.150. The van der Waals surface area contributed by atoms with Crippen LogP contribution in [0, 0.1) is 5.82 Å². The first kappa shape index (κ1) is 17.7. The van der Waals surface area contributed by atoms with E-state index in [2.05, 4.69) is 5.32 Å². The summed E-state index contributed by atoms with van der Waals surface area (Å²) < 4.78 is 23.8. The second-order valence-corrected chi connectivity index (χ2v) is 5.96. The van der Waals surface area contributed by atoms with Gasteiger partial charge in [0, 0.05) is 12.7 Å². The minimum Gasteiger partial charge on any atom is -0.486 e. The lowest BCUT2D eigenvalue weighted by molar-refractivity contribution is -0.132. The summed E-state index contributed by atoms with van der Waals surface area (Å²) in [5, 5.41) is 2.62. The number of amides is 2. The molecule has 0 bridgehead atoms. The number of nitrogens with one attached hydrogen (secondary N) is 1. The van der Waals surface area contributed by atoms with Gasteiger partial charge < -0.3 is 19.7 Å². The first-order chi connectivity index (χ1) is 12.5. The number of carbonyl (C=O) groups is 2. The molecule has 2 aromatic carbocycles. The average molecular weight is 358 g/mol. The van der Waals surface area contributed by atoms with Crippen molar-refractivity contribution in [3.63, 3.8) is 0 Å². The van der Waals surface area contributed by atoms with E-state index in [0.29, 0.717) is 30.4 Å². The van der Waals surface area contributed by atoms with Gasteiger partial charge >= 0.3 is 0 Å². The van der Waals surface area contributed by atoms with Crippen molar-refractivity contribution in [1.82, 2.24) is 4.90 Å². The third-order valence-electron chi connectivity index (χ3n) is 3.90. The maximum absolute atomic E-state index is 12.9. The van der Waals surface area contributed by atoms with E-state index < -0.39 is 0 Å². The standard InChI is InChI=1S/C19H19FN2O4/c1-22(12-18(23)21-15-5-3-14(20)4-6-15)19(24)11-13-2-7-16-17(10-13)26-9-8-25-16/h2-7,10H,8-9,11-12H2,1H3,(H,21,23). The Bertz CT molecular complexity index is 808. The van der Waals surface area contributed by atoms with Gasteiger partial charge in [-0.15, -0.1) is 0 Å². The molecule has 1 aliphatic rings. The quantitative estimate of drug-likeness (QED) is 0.890. The molecular weight excluding hydrogens is 339 g/mol. The minimum absolute atomic E-state index is 0.0965. The smallest absolute Gasteiger partial charge is 0.243 e. The Balaban J connectivity index is 1.54. The highest BCUT2D eigenvalue weighted by Crippen LogP contribution is 2.30. The summed E-state index contributed by atoms with van der Waals surface area (Å²) in [4.78, 5) is 25.7. The van der Waals surface area contributed by atoms with Crippen LogP contribution in [0.4, 0.5) is 10.1 Å². The van der Waals surface area contributed by atoms with E-state index in [1.54, 1.807) is 25.2 Å². The fourth-order valence-corrected chi connectivity index (χ4v) is 2.54. The Labute approximate surface area is 150 Å². The number of carbonyl (C=O) groups excluding carboxylic acids is 2. The van der Waals surface area contributed by atoms with Gasteiger partial charge in [0.25, 0.3) is 0 Å². The van der Waals surface area contributed by atoms with Crippen LogP contribution in [-0.2, 0) is 16.0 Å². The molecule has 0 aliphatic carbocycles. The summed E-state index contributed by atoms with van der Waals surface area (Å²) in [7, 11) is 1.56. The molecule has 0 saturated heterocycles. The van der Waals surface area contributed by atoms with E-state index in [1.807, 2.05) is 0 Å². The van der Waals surface area contributed by atoms with Crippen LogP contribution in [0.3, 0.4) is 0 Å². The highest BCUT2D eigenvalue weighted by Gasteiger charge is 2.16. The number of likely N-dealkylation sites (N-methyl/N-ethyl adjacent to an activating group) is 1. The molecule has 7 heteroatoms. The first-order valence-electron chi connectivity index (χ1n) is 8.19. The van der Waals surface area contributed by atoms with Crippen LogP contribution in [0.15, 0.2) is 42.5 Å². The Hall–Kier alpha value is -3.09. The Kier molecular flexibility index (Phi) is 5.36. The first-order valence-corrected chi connectivity index (χ1v) is 8.19. The maximum Gasteiger partial charge on any atom is 0.243 e. The molecule has 1 N–H and O–H groups in total. The molecule has 2 amide bonds. The van der Waals surface area contributed by atoms with Crippen molar-refractivity contribution in [3.05, 3.63) is 53.8 Å². The molecule has 0 fully saturated rings. The van der Waals surface area contributed by atoms with Crippen molar-refractivity contribution in [2.45, 2.75) is 6.42 Å². The van der Waals surface area contributed by atoms with Gasteiger partial charge in [-0.2, -0.15) is 0 Å². The Morgan fingerprint density at radius 1 is 1.08 bits per heavy atom. The molecule has 0 atom stereocenters. The lowest BCUT2D eigenvalue weighted by Crippen LogP contribution is -2.35. The van der Waals surface area contributed by atoms with E-state index in [0.717, 1.165) is 5.56 Å². The summed E-state index contributed by atoms with van der Waals surface area (Å²) in [5.74, 6) is 0.359. The van der Waals surface area contributed by atoms with Gasteiger partial charge in [-0.1, -0.05) is 6.07 Å². The molecule has 0 radical (unpaired) electrons. The number of halogens is 1. The number of hydrogen-bond acceptors (Lipinski definition) is 4. The predicted molar refractivity (Wildman–Crippen MR) is 93.8 cm³/mol. The molecule has 136 valence electrons. The Morgan fingerprint density at radius 3 is 2.50 bits per heavy atom. The van der Waals surface area contributed by atoms with Gasteiger partial charge in [-0.3, -0.25) is 9.59 Å². The topological polar surface area (TPSA) is 67.9 Å². The summed E-state index contributed by atoms with van der Waals surface area (Å²) >= 11 is 0. The van der Waals surface area contributed by atoms with Gasteiger partial charge in [0.05, 0.1) is 13.0 Å². The highest BCUT2D eigenvalue weighted by molar-refractivity contribution is 5.94. The summed E-state index contributed by atoms with van der Waals surface area (Å²) in [5.41, 5.74) is 1.26. The number of benzene rings is 2. The Morgan fingerprint density at radius 2 is 1.77 bits per heavy atom. The molecule has 6 nitrogen and oxygen atoms in total. The predicted octanol–water partition coefficient (Wildman–Crippen LogP) is 2.24. The average Bonchev–Trinajstić information content (AvgIpc) is 2.63. The maximum atomic E-state index is 12.9. The molecule has 0 unspecified atom stereocenters. The van der Waals surface area contributed by atoms with Crippen LogP contribution in [-0.4, -0.2) is 43.5 Å². The van der Waals surface area contributed by atoms with Crippen molar-refractivity contribution in [2.24, 2.45) is 0 Å². The van der Waals surface area contributed by atoms with Crippen molar-refractivity contribution in [3.8, 4) is 11.5 Å². The van der Waals surface area contributed by atoms with Crippen molar-refractivity contribution >= 4 is 17.5 Å². The fourth-order valence-electron chi connectivity index (χ4n) is 2.54. The van der Waals surface area contributed by atoms with E-state index in [-0.39, 0.29) is 30.6 Å². The van der Waals surface area contributed by atoms with Gasteiger partial charge in [0.15, 0.2) is 11.5 Å². The normalized spacial score (nSPS) is 12.4. The van der Waals surface area contributed by atoms with Crippen LogP contribution in [0.1, 0.15) is 5.56 Å². The zero-order valence-corrected chi connectivity index (χ0v) is 14.3. The van der Waals surface area contributed by atoms with E-state index in [9.17, 15) is 14.0 Å². The largest absolute Gasteiger partial charge is 0.486 e.